The molecule has 0 bridgehead atoms. The second-order valence-corrected chi connectivity index (χ2v) is 10.5. The van der Waals surface area contributed by atoms with Crippen LogP contribution in [0.15, 0.2) is 40.8 Å². The molecule has 1 fully saturated rings. The van der Waals surface area contributed by atoms with Gasteiger partial charge in [0.05, 0.1) is 25.7 Å². The molecule has 32 heavy (non-hydrogen) atoms. The zero-order valence-corrected chi connectivity index (χ0v) is 19.5. The van der Waals surface area contributed by atoms with Crippen LogP contribution in [0.5, 0.6) is 11.5 Å². The van der Waals surface area contributed by atoms with Crippen LogP contribution in [0.1, 0.15) is 33.7 Å². The number of furan rings is 1. The highest BCUT2D eigenvalue weighted by atomic mass is 32.2. The molecular weight excluding hydrogens is 430 g/mol. The van der Waals surface area contributed by atoms with Gasteiger partial charge in [-0.15, -0.1) is 0 Å². The Hall–Kier alpha value is -3.00. The van der Waals surface area contributed by atoms with E-state index in [1.807, 2.05) is 38.1 Å². The molecule has 1 aliphatic heterocycles. The van der Waals surface area contributed by atoms with Gasteiger partial charge in [0, 0.05) is 23.5 Å². The number of ether oxygens (including phenoxy) is 2. The first-order chi connectivity index (χ1) is 15.2. The van der Waals surface area contributed by atoms with Crippen LogP contribution in [-0.4, -0.2) is 51.0 Å². The van der Waals surface area contributed by atoms with Crippen molar-refractivity contribution in [3.05, 3.63) is 58.8 Å². The summed E-state index contributed by atoms with van der Waals surface area (Å²) in [6.45, 7) is 4.05. The summed E-state index contributed by atoms with van der Waals surface area (Å²) in [5.41, 5.74) is 3.25. The maximum absolute atomic E-state index is 13.7. The Bertz CT molecular complexity index is 1280. The fraction of sp³-hybridized carbons (Fsp3) is 0.375. The molecule has 8 heteroatoms. The molecule has 1 atom stereocenters. The number of carbonyl (C=O) groups is 1. The minimum absolute atomic E-state index is 0.0512. The number of carbonyl (C=O) groups excluding carboxylic acids is 1. The zero-order chi connectivity index (χ0) is 23.0. The zero-order valence-electron chi connectivity index (χ0n) is 18.7. The SMILES string of the molecule is COc1ccc(CN(C(=O)c2oc3cc(C)ccc3c2C)[C@H]2CCS(=O)(=O)C2)cc1OC. The van der Waals surface area contributed by atoms with E-state index in [2.05, 4.69) is 0 Å². The summed E-state index contributed by atoms with van der Waals surface area (Å²) in [5.74, 6) is 1.09. The fourth-order valence-corrected chi connectivity index (χ4v) is 5.96. The maximum atomic E-state index is 13.7. The number of benzene rings is 2. The van der Waals surface area contributed by atoms with Gasteiger partial charge in [-0.25, -0.2) is 8.42 Å². The fourth-order valence-electron chi connectivity index (χ4n) is 4.23. The van der Waals surface area contributed by atoms with Crippen molar-refractivity contribution in [1.82, 2.24) is 4.90 Å². The molecule has 0 N–H and O–H groups in total. The third kappa shape index (κ3) is 4.19. The van der Waals surface area contributed by atoms with Crippen molar-refractivity contribution in [1.29, 1.82) is 0 Å². The number of hydrogen-bond acceptors (Lipinski definition) is 6. The van der Waals surface area contributed by atoms with E-state index < -0.39 is 15.9 Å². The minimum Gasteiger partial charge on any atom is -0.493 e. The molecule has 170 valence electrons. The van der Waals surface area contributed by atoms with E-state index in [1.165, 1.54) is 0 Å². The average molecular weight is 458 g/mol. The first-order valence-corrected chi connectivity index (χ1v) is 12.3. The van der Waals surface area contributed by atoms with Crippen LogP contribution < -0.4 is 9.47 Å². The number of methoxy groups -OCH3 is 2. The predicted octanol–water partition coefficient (Wildman–Crippen LogP) is 3.90. The highest BCUT2D eigenvalue weighted by Crippen LogP contribution is 2.32. The first kappa shape index (κ1) is 22.2. The quantitative estimate of drug-likeness (QED) is 0.558. The van der Waals surface area contributed by atoms with E-state index in [0.29, 0.717) is 23.5 Å². The predicted molar refractivity (Wildman–Crippen MR) is 122 cm³/mol. The van der Waals surface area contributed by atoms with Crippen LogP contribution in [-0.2, 0) is 16.4 Å². The molecular formula is C24H27NO6S. The Labute approximate surface area is 187 Å². The molecule has 3 aromatic rings. The van der Waals surface area contributed by atoms with Crippen LogP contribution in [0.2, 0.25) is 0 Å². The molecule has 0 radical (unpaired) electrons. The Kier molecular flexibility index (Phi) is 5.90. The first-order valence-electron chi connectivity index (χ1n) is 10.4. The third-order valence-electron chi connectivity index (χ3n) is 6.00. The largest absolute Gasteiger partial charge is 0.493 e. The normalized spacial score (nSPS) is 17.4. The summed E-state index contributed by atoms with van der Waals surface area (Å²) in [7, 11) is -0.0737. The van der Waals surface area contributed by atoms with Gasteiger partial charge in [-0.3, -0.25) is 4.79 Å². The minimum atomic E-state index is -3.18. The number of amides is 1. The molecule has 0 aliphatic carbocycles. The molecule has 0 saturated carbocycles. The van der Waals surface area contributed by atoms with Gasteiger partial charge in [-0.05, 0) is 49.6 Å². The summed E-state index contributed by atoms with van der Waals surface area (Å²) in [6.07, 6.45) is 0.403. The highest BCUT2D eigenvalue weighted by Gasteiger charge is 2.36. The molecule has 1 amide bonds. The third-order valence-corrected chi connectivity index (χ3v) is 7.75. The Morgan fingerprint density at radius 3 is 2.50 bits per heavy atom. The smallest absolute Gasteiger partial charge is 0.290 e. The van der Waals surface area contributed by atoms with Gasteiger partial charge >= 0.3 is 0 Å². The summed E-state index contributed by atoms with van der Waals surface area (Å²) in [6, 6.07) is 10.8. The molecule has 1 aliphatic rings. The lowest BCUT2D eigenvalue weighted by atomic mass is 10.1. The second-order valence-electron chi connectivity index (χ2n) is 8.24. The lowest BCUT2D eigenvalue weighted by Crippen LogP contribution is -2.40. The molecule has 4 rings (SSSR count). The van der Waals surface area contributed by atoms with Crippen molar-refractivity contribution in [3.8, 4) is 11.5 Å². The van der Waals surface area contributed by atoms with E-state index in [4.69, 9.17) is 13.9 Å². The lowest BCUT2D eigenvalue weighted by Gasteiger charge is -2.28. The Balaban J connectivity index is 1.73. The van der Waals surface area contributed by atoms with Crippen molar-refractivity contribution < 1.29 is 27.1 Å². The summed E-state index contributed by atoms with van der Waals surface area (Å²) < 4.78 is 41.0. The lowest BCUT2D eigenvalue weighted by molar-refractivity contribution is 0.0649. The number of hydrogen-bond donors (Lipinski definition) is 0. The number of aryl methyl sites for hydroxylation is 2. The Morgan fingerprint density at radius 2 is 1.84 bits per heavy atom. The monoisotopic (exact) mass is 457 g/mol. The summed E-state index contributed by atoms with van der Waals surface area (Å²) in [5, 5.41) is 0.879. The van der Waals surface area contributed by atoms with Gasteiger partial charge in [0.15, 0.2) is 27.1 Å². The topological polar surface area (TPSA) is 86.0 Å². The van der Waals surface area contributed by atoms with Gasteiger partial charge in [0.2, 0.25) is 0 Å². The molecule has 0 unspecified atom stereocenters. The van der Waals surface area contributed by atoms with E-state index in [9.17, 15) is 13.2 Å². The van der Waals surface area contributed by atoms with Gasteiger partial charge in [-0.1, -0.05) is 18.2 Å². The van der Waals surface area contributed by atoms with Gasteiger partial charge < -0.3 is 18.8 Å². The molecule has 1 aromatic heterocycles. The summed E-state index contributed by atoms with van der Waals surface area (Å²) >= 11 is 0. The van der Waals surface area contributed by atoms with Crippen molar-refractivity contribution in [2.75, 3.05) is 25.7 Å². The van der Waals surface area contributed by atoms with Crippen LogP contribution in [0.4, 0.5) is 0 Å². The number of sulfone groups is 1. The number of nitrogens with zero attached hydrogens (tertiary/aromatic N) is 1. The van der Waals surface area contributed by atoms with Crippen molar-refractivity contribution in [2.45, 2.75) is 32.9 Å². The molecule has 7 nitrogen and oxygen atoms in total. The second kappa shape index (κ2) is 8.50. The van der Waals surface area contributed by atoms with E-state index in [-0.39, 0.29) is 29.7 Å². The highest BCUT2D eigenvalue weighted by molar-refractivity contribution is 7.91. The maximum Gasteiger partial charge on any atom is 0.290 e. The molecule has 2 heterocycles. The van der Waals surface area contributed by atoms with Crippen LogP contribution in [0, 0.1) is 13.8 Å². The van der Waals surface area contributed by atoms with Crippen LogP contribution in [0.25, 0.3) is 11.0 Å². The van der Waals surface area contributed by atoms with Gasteiger partial charge in [0.1, 0.15) is 5.58 Å². The molecule has 1 saturated heterocycles. The van der Waals surface area contributed by atoms with Crippen molar-refractivity contribution in [2.24, 2.45) is 0 Å². The van der Waals surface area contributed by atoms with Gasteiger partial charge in [0.25, 0.3) is 5.91 Å². The molecule has 0 spiro atoms. The Morgan fingerprint density at radius 1 is 1.09 bits per heavy atom. The number of rotatable bonds is 6. The van der Waals surface area contributed by atoms with Gasteiger partial charge in [-0.2, -0.15) is 0 Å². The molecule has 2 aromatic carbocycles. The average Bonchev–Trinajstić information content (AvgIpc) is 3.29. The standard InChI is InChI=1S/C24H27NO6S/c1-15-5-7-19-16(2)23(31-21(19)11-15)24(26)25(18-9-10-32(27,28)14-18)13-17-6-8-20(29-3)22(12-17)30-4/h5-8,11-12,18H,9-10,13-14H2,1-4H3/t18-/m0/s1. The van der Waals surface area contributed by atoms with E-state index in [0.717, 1.165) is 22.1 Å². The van der Waals surface area contributed by atoms with E-state index >= 15 is 0 Å². The van der Waals surface area contributed by atoms with Crippen molar-refractivity contribution >= 4 is 26.7 Å². The summed E-state index contributed by atoms with van der Waals surface area (Å²) in [4.78, 5) is 15.3. The van der Waals surface area contributed by atoms with E-state index in [1.54, 1.807) is 31.3 Å². The van der Waals surface area contributed by atoms with Crippen LogP contribution in [0.3, 0.4) is 0 Å². The number of fused-ring (bicyclic) bond motifs is 1. The van der Waals surface area contributed by atoms with Crippen LogP contribution >= 0.6 is 0 Å². The van der Waals surface area contributed by atoms with Crippen molar-refractivity contribution in [3.63, 3.8) is 0 Å².